The fourth-order valence-corrected chi connectivity index (χ4v) is 4.15. The Morgan fingerprint density at radius 3 is 2.67 bits per heavy atom. The molecule has 0 bridgehead atoms. The van der Waals surface area contributed by atoms with Gasteiger partial charge in [-0.05, 0) is 24.3 Å². The first-order valence-corrected chi connectivity index (χ1v) is 11.8. The molecule has 0 amide bonds. The molecular weight excluding hydrogens is 469 g/mol. The van der Waals surface area contributed by atoms with Gasteiger partial charge in [0.25, 0.3) is 0 Å². The molecule has 0 spiro atoms. The summed E-state index contributed by atoms with van der Waals surface area (Å²) in [6.07, 6.45) is 1.47. The number of carbonyl (C=O) groups is 1. The summed E-state index contributed by atoms with van der Waals surface area (Å²) in [4.78, 5) is 13.7. The highest BCUT2D eigenvalue weighted by Gasteiger charge is 2.23. The monoisotopic (exact) mass is 491 g/mol. The second-order valence-electron chi connectivity index (χ2n) is 7.92. The van der Waals surface area contributed by atoms with Crippen LogP contribution in [0.15, 0.2) is 30.3 Å². The predicted molar refractivity (Wildman–Crippen MR) is 123 cm³/mol. The van der Waals surface area contributed by atoms with Crippen molar-refractivity contribution < 1.29 is 18.7 Å². The summed E-state index contributed by atoms with van der Waals surface area (Å²) in [6, 6.07) is 7.86. The smallest absolute Gasteiger partial charge is 0.308 e. The summed E-state index contributed by atoms with van der Waals surface area (Å²) < 4.78 is 24.5. The van der Waals surface area contributed by atoms with Crippen LogP contribution in [0.4, 0.5) is 10.2 Å². The maximum Gasteiger partial charge on any atom is 0.308 e. The molecule has 3 aromatic rings. The van der Waals surface area contributed by atoms with E-state index in [1.54, 1.807) is 13.8 Å². The number of aromatic nitrogens is 4. The predicted octanol–water partition coefficient (Wildman–Crippen LogP) is 4.53. The maximum absolute atomic E-state index is 13.5. The van der Waals surface area contributed by atoms with Crippen molar-refractivity contribution in [2.45, 2.75) is 39.4 Å². The van der Waals surface area contributed by atoms with Crippen LogP contribution in [-0.4, -0.2) is 45.6 Å². The summed E-state index contributed by atoms with van der Waals surface area (Å²) >= 11 is 7.41. The summed E-state index contributed by atoms with van der Waals surface area (Å²) in [5.74, 6) is 0.295. The molecule has 1 aromatic carbocycles. The molecule has 3 heterocycles. The van der Waals surface area contributed by atoms with Crippen molar-refractivity contribution in [2.75, 3.05) is 18.0 Å². The lowest BCUT2D eigenvalue weighted by molar-refractivity contribution is -0.148. The molecule has 0 atom stereocenters. The second kappa shape index (κ2) is 10.4. The van der Waals surface area contributed by atoms with Crippen LogP contribution in [0, 0.1) is 11.7 Å². The average Bonchev–Trinajstić information content (AvgIpc) is 3.29. The van der Waals surface area contributed by atoms with Gasteiger partial charge in [0.1, 0.15) is 30.0 Å². The van der Waals surface area contributed by atoms with E-state index in [4.69, 9.17) is 21.1 Å². The van der Waals surface area contributed by atoms with Crippen molar-refractivity contribution in [1.82, 2.24) is 20.4 Å². The number of anilines is 1. The van der Waals surface area contributed by atoms with E-state index in [0.29, 0.717) is 26.5 Å². The molecule has 0 aliphatic carbocycles. The molecule has 8 nitrogen and oxygen atoms in total. The van der Waals surface area contributed by atoms with Gasteiger partial charge in [0, 0.05) is 32.0 Å². The first kappa shape index (κ1) is 23.3. The van der Waals surface area contributed by atoms with E-state index in [9.17, 15) is 9.18 Å². The van der Waals surface area contributed by atoms with Crippen molar-refractivity contribution >= 4 is 34.7 Å². The van der Waals surface area contributed by atoms with Gasteiger partial charge in [-0.15, -0.1) is 20.4 Å². The Labute approximate surface area is 199 Å². The average molecular weight is 492 g/mol. The van der Waals surface area contributed by atoms with Crippen molar-refractivity contribution in [3.63, 3.8) is 0 Å². The van der Waals surface area contributed by atoms with Gasteiger partial charge >= 0.3 is 5.97 Å². The number of carbonyl (C=O) groups excluding carboxylic acids is 1. The molecule has 1 saturated heterocycles. The molecule has 1 fully saturated rings. The van der Waals surface area contributed by atoms with E-state index in [2.05, 4.69) is 25.3 Å². The van der Waals surface area contributed by atoms with E-state index in [-0.39, 0.29) is 30.4 Å². The lowest BCUT2D eigenvalue weighted by atomic mass is 10.1. The van der Waals surface area contributed by atoms with Gasteiger partial charge in [0.2, 0.25) is 0 Å². The topological polar surface area (TPSA) is 90.3 Å². The Balaban J connectivity index is 1.31. The van der Waals surface area contributed by atoms with Crippen LogP contribution in [0.1, 0.15) is 31.7 Å². The lowest BCUT2D eigenvalue weighted by Gasteiger charge is -2.32. The van der Waals surface area contributed by atoms with Crippen LogP contribution >= 0.6 is 22.9 Å². The van der Waals surface area contributed by atoms with Crippen LogP contribution in [0.3, 0.4) is 0 Å². The lowest BCUT2D eigenvalue weighted by Crippen LogP contribution is -2.38. The summed E-state index contributed by atoms with van der Waals surface area (Å²) in [7, 11) is 0. The third-order valence-corrected chi connectivity index (χ3v) is 6.33. The molecule has 4 rings (SSSR count). The van der Waals surface area contributed by atoms with Crippen molar-refractivity contribution in [3.8, 4) is 16.5 Å². The van der Waals surface area contributed by atoms with E-state index in [1.165, 1.54) is 29.5 Å². The summed E-state index contributed by atoms with van der Waals surface area (Å²) in [5, 5.41) is 18.4. The quantitative estimate of drug-likeness (QED) is 0.445. The van der Waals surface area contributed by atoms with Gasteiger partial charge in [0.05, 0.1) is 10.9 Å². The van der Waals surface area contributed by atoms with Gasteiger partial charge < -0.3 is 14.4 Å². The SMILES string of the molecule is CC(C)C(=O)OCc1nnc(-c2ccc(N3CCC(Oc4cc(F)ccc4Cl)CC3)nn2)s1. The Morgan fingerprint density at radius 2 is 1.97 bits per heavy atom. The minimum Gasteiger partial charge on any atom is -0.489 e. The van der Waals surface area contributed by atoms with Crippen molar-refractivity contribution in [2.24, 2.45) is 5.92 Å². The largest absolute Gasteiger partial charge is 0.489 e. The second-order valence-corrected chi connectivity index (χ2v) is 9.39. The van der Waals surface area contributed by atoms with Gasteiger partial charge in [-0.25, -0.2) is 4.39 Å². The maximum atomic E-state index is 13.5. The molecule has 0 unspecified atom stereocenters. The Kier molecular flexibility index (Phi) is 7.34. The van der Waals surface area contributed by atoms with Crippen molar-refractivity contribution in [3.05, 3.63) is 46.2 Å². The molecule has 11 heteroatoms. The number of esters is 1. The van der Waals surface area contributed by atoms with Gasteiger partial charge in [0.15, 0.2) is 15.8 Å². The zero-order chi connectivity index (χ0) is 23.4. The number of piperidine rings is 1. The summed E-state index contributed by atoms with van der Waals surface area (Å²) in [6.45, 7) is 5.12. The van der Waals surface area contributed by atoms with Crippen LogP contribution in [0.5, 0.6) is 5.75 Å². The number of ether oxygens (including phenoxy) is 2. The molecule has 33 heavy (non-hydrogen) atoms. The first-order chi connectivity index (χ1) is 15.9. The minimum absolute atomic E-state index is 0.0441. The van der Waals surface area contributed by atoms with Crippen LogP contribution in [0.2, 0.25) is 5.02 Å². The number of hydrogen-bond acceptors (Lipinski definition) is 9. The van der Waals surface area contributed by atoms with Crippen LogP contribution < -0.4 is 9.64 Å². The number of rotatable bonds is 7. The van der Waals surface area contributed by atoms with Gasteiger partial charge in [-0.1, -0.05) is 36.8 Å². The zero-order valence-corrected chi connectivity index (χ0v) is 19.8. The number of hydrogen-bond donors (Lipinski definition) is 0. The van der Waals surface area contributed by atoms with E-state index in [1.807, 2.05) is 12.1 Å². The molecule has 2 aromatic heterocycles. The third kappa shape index (κ3) is 5.94. The Morgan fingerprint density at radius 1 is 1.18 bits per heavy atom. The Bertz CT molecular complexity index is 1100. The molecular formula is C22H23ClFN5O3S. The molecule has 0 saturated carbocycles. The Hall–Kier alpha value is -2.85. The van der Waals surface area contributed by atoms with Crippen LogP contribution in [-0.2, 0) is 16.1 Å². The van der Waals surface area contributed by atoms with E-state index < -0.39 is 0 Å². The third-order valence-electron chi connectivity index (χ3n) is 5.10. The number of benzene rings is 1. The zero-order valence-electron chi connectivity index (χ0n) is 18.2. The standard InChI is InChI=1S/C22H23ClFN5O3S/c1-13(2)22(30)31-12-20-27-28-21(33-20)17-5-6-19(26-25-17)29-9-7-15(8-10-29)32-18-11-14(24)3-4-16(18)23/h3-6,11,13,15H,7-10,12H2,1-2H3. The molecule has 0 N–H and O–H groups in total. The molecule has 1 aliphatic heterocycles. The van der Waals surface area contributed by atoms with E-state index >= 15 is 0 Å². The molecule has 174 valence electrons. The number of halogens is 2. The molecule has 0 radical (unpaired) electrons. The van der Waals surface area contributed by atoms with E-state index in [0.717, 1.165) is 31.7 Å². The van der Waals surface area contributed by atoms with Gasteiger partial charge in [-0.2, -0.15) is 0 Å². The van der Waals surface area contributed by atoms with Crippen molar-refractivity contribution in [1.29, 1.82) is 0 Å². The molecule has 1 aliphatic rings. The highest BCUT2D eigenvalue weighted by Crippen LogP contribution is 2.29. The first-order valence-electron chi connectivity index (χ1n) is 10.6. The fourth-order valence-electron chi connectivity index (χ4n) is 3.27. The van der Waals surface area contributed by atoms with Gasteiger partial charge in [-0.3, -0.25) is 4.79 Å². The number of nitrogens with zero attached hydrogens (tertiary/aromatic N) is 5. The highest BCUT2D eigenvalue weighted by molar-refractivity contribution is 7.14. The fraction of sp³-hybridized carbons (Fsp3) is 0.409. The van der Waals surface area contributed by atoms with Crippen LogP contribution in [0.25, 0.3) is 10.7 Å². The minimum atomic E-state index is -0.374. The highest BCUT2D eigenvalue weighted by atomic mass is 35.5. The normalized spacial score (nSPS) is 14.5. The summed E-state index contributed by atoms with van der Waals surface area (Å²) in [5.41, 5.74) is 0.608.